The maximum Gasteiger partial charge on any atom is 0.136 e. The molecule has 1 aromatic heterocycles. The molecule has 2 unspecified atom stereocenters. The Labute approximate surface area is 120 Å². The Morgan fingerprint density at radius 3 is 2.65 bits per heavy atom. The van der Waals surface area contributed by atoms with Crippen molar-refractivity contribution in [1.29, 1.82) is 0 Å². The average Bonchev–Trinajstić information content (AvgIpc) is 3.28. The molecule has 110 valence electrons. The summed E-state index contributed by atoms with van der Waals surface area (Å²) in [4.78, 5) is 9.08. The highest BCUT2D eigenvalue weighted by Gasteiger charge is 2.29. The summed E-state index contributed by atoms with van der Waals surface area (Å²) in [5.74, 6) is 3.15. The molecule has 4 N–H and O–H groups in total. The van der Waals surface area contributed by atoms with Gasteiger partial charge >= 0.3 is 0 Å². The molecule has 1 aromatic rings. The molecule has 20 heavy (non-hydrogen) atoms. The third-order valence-electron chi connectivity index (χ3n) is 4.61. The van der Waals surface area contributed by atoms with Crippen LogP contribution in [0.4, 0.5) is 11.6 Å². The van der Waals surface area contributed by atoms with Crippen LogP contribution in [-0.4, -0.2) is 27.7 Å². The van der Waals surface area contributed by atoms with E-state index < -0.39 is 0 Å². The fraction of sp³-hybridized carbons (Fsp3) is 0.733. The summed E-state index contributed by atoms with van der Waals surface area (Å²) in [5.41, 5.74) is 6.95. The minimum atomic E-state index is 0.243. The molecular formula is C15H24N4O. The lowest BCUT2D eigenvalue weighted by atomic mass is 9.85. The summed E-state index contributed by atoms with van der Waals surface area (Å²) < 4.78 is 0. The normalized spacial score (nSPS) is 26.5. The molecule has 2 fully saturated rings. The molecule has 0 amide bonds. The van der Waals surface area contributed by atoms with Crippen LogP contribution in [0.15, 0.2) is 0 Å². The number of aliphatic hydroxyl groups is 1. The van der Waals surface area contributed by atoms with Crippen molar-refractivity contribution < 1.29 is 5.11 Å². The molecule has 0 bridgehead atoms. The van der Waals surface area contributed by atoms with Gasteiger partial charge in [-0.2, -0.15) is 0 Å². The summed E-state index contributed by atoms with van der Waals surface area (Å²) in [6, 6.07) is 0.300. The van der Waals surface area contributed by atoms with E-state index in [4.69, 9.17) is 5.73 Å². The molecule has 1 heterocycles. The number of aliphatic hydroxyl groups excluding tert-OH is 1. The number of hydrogen-bond donors (Lipinski definition) is 3. The van der Waals surface area contributed by atoms with Gasteiger partial charge in [-0.3, -0.25) is 0 Å². The van der Waals surface area contributed by atoms with Crippen LogP contribution in [0.2, 0.25) is 0 Å². The lowest BCUT2D eigenvalue weighted by Crippen LogP contribution is -2.35. The molecule has 0 radical (unpaired) electrons. The topological polar surface area (TPSA) is 84.1 Å². The van der Waals surface area contributed by atoms with Crippen molar-refractivity contribution in [3.05, 3.63) is 11.4 Å². The fourth-order valence-electron chi connectivity index (χ4n) is 3.01. The van der Waals surface area contributed by atoms with Gasteiger partial charge in [-0.05, 0) is 32.6 Å². The molecular weight excluding hydrogens is 252 g/mol. The van der Waals surface area contributed by atoms with Gasteiger partial charge in [0.05, 0.1) is 0 Å². The van der Waals surface area contributed by atoms with E-state index in [9.17, 15) is 5.11 Å². The SMILES string of the molecule is Cc1c(N)nc(C2CC2)nc1NC1CCCCC1CO. The molecule has 0 aromatic carbocycles. The second-order valence-electron chi connectivity index (χ2n) is 6.19. The lowest BCUT2D eigenvalue weighted by Gasteiger charge is -2.31. The molecule has 2 aliphatic rings. The number of aromatic nitrogens is 2. The molecule has 2 aliphatic carbocycles. The highest BCUT2D eigenvalue weighted by molar-refractivity contribution is 5.55. The Kier molecular flexibility index (Phi) is 3.78. The number of nitrogens with one attached hydrogen (secondary N) is 1. The quantitative estimate of drug-likeness (QED) is 0.785. The van der Waals surface area contributed by atoms with E-state index in [1.165, 1.54) is 25.7 Å². The van der Waals surface area contributed by atoms with E-state index in [2.05, 4.69) is 15.3 Å². The summed E-state index contributed by atoms with van der Waals surface area (Å²) in [6.45, 7) is 2.21. The van der Waals surface area contributed by atoms with Gasteiger partial charge in [-0.15, -0.1) is 0 Å². The molecule has 2 atom stereocenters. The first kappa shape index (κ1) is 13.6. The zero-order valence-corrected chi connectivity index (χ0v) is 12.1. The Balaban J connectivity index is 1.81. The molecule has 3 rings (SSSR count). The summed E-state index contributed by atoms with van der Waals surface area (Å²) in [5, 5.41) is 13.0. The standard InChI is InChI=1S/C15H24N4O/c1-9-13(16)18-15(10-6-7-10)19-14(9)17-12-5-3-2-4-11(12)8-20/h10-12,20H,2-8H2,1H3,(H3,16,17,18,19). The predicted octanol–water partition coefficient (Wildman–Crippen LogP) is 2.21. The van der Waals surface area contributed by atoms with Gasteiger partial charge in [-0.25, -0.2) is 9.97 Å². The van der Waals surface area contributed by atoms with Gasteiger partial charge in [-0.1, -0.05) is 12.8 Å². The van der Waals surface area contributed by atoms with Crippen LogP contribution in [0.5, 0.6) is 0 Å². The van der Waals surface area contributed by atoms with Crippen LogP contribution in [0.1, 0.15) is 55.8 Å². The Bertz CT molecular complexity index is 487. The zero-order chi connectivity index (χ0) is 14.1. The lowest BCUT2D eigenvalue weighted by molar-refractivity contribution is 0.178. The van der Waals surface area contributed by atoms with Crippen LogP contribution < -0.4 is 11.1 Å². The van der Waals surface area contributed by atoms with E-state index >= 15 is 0 Å². The van der Waals surface area contributed by atoms with E-state index in [1.807, 2.05) is 6.92 Å². The van der Waals surface area contributed by atoms with Crippen molar-refractivity contribution in [2.75, 3.05) is 17.7 Å². The maximum atomic E-state index is 9.52. The van der Waals surface area contributed by atoms with E-state index in [1.54, 1.807) is 0 Å². The van der Waals surface area contributed by atoms with Crippen LogP contribution in [0.3, 0.4) is 0 Å². The van der Waals surface area contributed by atoms with Crippen LogP contribution in [0, 0.1) is 12.8 Å². The summed E-state index contributed by atoms with van der Waals surface area (Å²) in [6.07, 6.45) is 6.94. The number of nitrogen functional groups attached to an aromatic ring is 1. The monoisotopic (exact) mass is 276 g/mol. The van der Waals surface area contributed by atoms with Crippen LogP contribution in [0.25, 0.3) is 0 Å². The third kappa shape index (κ3) is 2.73. The van der Waals surface area contributed by atoms with Gasteiger partial charge in [0.1, 0.15) is 17.5 Å². The maximum absolute atomic E-state index is 9.52. The van der Waals surface area contributed by atoms with Gasteiger partial charge < -0.3 is 16.2 Å². The van der Waals surface area contributed by atoms with Crippen molar-refractivity contribution in [2.45, 2.75) is 57.4 Å². The smallest absolute Gasteiger partial charge is 0.136 e. The number of nitrogens with zero attached hydrogens (tertiary/aromatic N) is 2. The van der Waals surface area contributed by atoms with Crippen LogP contribution >= 0.6 is 0 Å². The van der Waals surface area contributed by atoms with Gasteiger partial charge in [0.15, 0.2) is 0 Å². The first-order valence-electron chi connectivity index (χ1n) is 7.70. The van der Waals surface area contributed by atoms with E-state index in [0.29, 0.717) is 23.7 Å². The Morgan fingerprint density at radius 1 is 1.20 bits per heavy atom. The van der Waals surface area contributed by atoms with Crippen molar-refractivity contribution in [3.63, 3.8) is 0 Å². The van der Waals surface area contributed by atoms with Crippen molar-refractivity contribution >= 4 is 11.6 Å². The third-order valence-corrected chi connectivity index (χ3v) is 4.61. The minimum Gasteiger partial charge on any atom is -0.396 e. The molecule has 5 nitrogen and oxygen atoms in total. The molecule has 0 saturated heterocycles. The van der Waals surface area contributed by atoms with Gasteiger partial charge in [0.2, 0.25) is 0 Å². The first-order valence-corrected chi connectivity index (χ1v) is 7.70. The second kappa shape index (κ2) is 5.56. The Morgan fingerprint density at radius 2 is 1.95 bits per heavy atom. The number of anilines is 2. The fourth-order valence-corrected chi connectivity index (χ4v) is 3.01. The first-order chi connectivity index (χ1) is 9.69. The Hall–Kier alpha value is -1.36. The molecule has 2 saturated carbocycles. The number of hydrogen-bond acceptors (Lipinski definition) is 5. The predicted molar refractivity (Wildman–Crippen MR) is 79.6 cm³/mol. The highest BCUT2D eigenvalue weighted by atomic mass is 16.3. The van der Waals surface area contributed by atoms with Crippen molar-refractivity contribution in [3.8, 4) is 0 Å². The summed E-state index contributed by atoms with van der Waals surface area (Å²) >= 11 is 0. The number of nitrogens with two attached hydrogens (primary N) is 1. The van der Waals surface area contributed by atoms with E-state index in [0.717, 1.165) is 30.0 Å². The van der Waals surface area contributed by atoms with E-state index in [-0.39, 0.29) is 6.61 Å². The molecule has 0 aliphatic heterocycles. The zero-order valence-electron chi connectivity index (χ0n) is 12.1. The van der Waals surface area contributed by atoms with Gasteiger partial charge in [0.25, 0.3) is 0 Å². The van der Waals surface area contributed by atoms with Crippen molar-refractivity contribution in [1.82, 2.24) is 9.97 Å². The average molecular weight is 276 g/mol. The van der Waals surface area contributed by atoms with Crippen molar-refractivity contribution in [2.24, 2.45) is 5.92 Å². The minimum absolute atomic E-state index is 0.243. The second-order valence-corrected chi connectivity index (χ2v) is 6.19. The van der Waals surface area contributed by atoms with Gasteiger partial charge in [0, 0.05) is 30.0 Å². The van der Waals surface area contributed by atoms with Crippen LogP contribution in [-0.2, 0) is 0 Å². The highest BCUT2D eigenvalue weighted by Crippen LogP contribution is 2.39. The molecule has 5 heteroatoms. The molecule has 0 spiro atoms. The largest absolute Gasteiger partial charge is 0.396 e. The summed E-state index contributed by atoms with van der Waals surface area (Å²) in [7, 11) is 0. The number of rotatable bonds is 4.